The molecule has 0 bridgehead atoms. The van der Waals surface area contributed by atoms with Crippen LogP contribution in [0.25, 0.3) is 5.76 Å². The van der Waals surface area contributed by atoms with Crippen molar-refractivity contribution in [2.45, 2.75) is 19.4 Å². The van der Waals surface area contributed by atoms with Gasteiger partial charge < -0.3 is 19.3 Å². The van der Waals surface area contributed by atoms with Gasteiger partial charge in [0.15, 0.2) is 11.5 Å². The lowest BCUT2D eigenvalue weighted by Gasteiger charge is -2.26. The van der Waals surface area contributed by atoms with E-state index in [4.69, 9.17) is 14.2 Å². The van der Waals surface area contributed by atoms with E-state index in [-0.39, 0.29) is 16.9 Å². The molecular weight excluding hydrogens is 474 g/mol. The van der Waals surface area contributed by atoms with Crippen LogP contribution in [0.15, 0.2) is 72.3 Å². The molecule has 0 radical (unpaired) electrons. The first-order chi connectivity index (χ1) is 17.9. The molecule has 1 unspecified atom stereocenters. The number of carbonyl (C=O) groups is 3. The molecule has 2 heterocycles. The van der Waals surface area contributed by atoms with Gasteiger partial charge in [0.25, 0.3) is 11.7 Å². The third-order valence-corrected chi connectivity index (χ3v) is 6.51. The van der Waals surface area contributed by atoms with Crippen molar-refractivity contribution < 1.29 is 33.7 Å². The number of methoxy groups -OCH3 is 1. The van der Waals surface area contributed by atoms with Gasteiger partial charge in [0.2, 0.25) is 0 Å². The largest absolute Gasteiger partial charge is 0.507 e. The number of hydrogen-bond acceptors (Lipinski definition) is 7. The number of aryl methyl sites for hydroxylation is 1. The van der Waals surface area contributed by atoms with Gasteiger partial charge in [0.05, 0.1) is 24.3 Å². The van der Waals surface area contributed by atoms with E-state index in [2.05, 4.69) is 0 Å². The van der Waals surface area contributed by atoms with E-state index in [1.54, 1.807) is 36.4 Å². The Balaban J connectivity index is 1.68. The number of anilines is 1. The Morgan fingerprint density at radius 3 is 2.41 bits per heavy atom. The Bertz CT molecular complexity index is 1420. The Labute approximate surface area is 213 Å². The van der Waals surface area contributed by atoms with Crippen molar-refractivity contribution in [1.29, 1.82) is 0 Å². The molecule has 3 aromatic carbocycles. The molecule has 8 heteroatoms. The van der Waals surface area contributed by atoms with Crippen LogP contribution in [0.4, 0.5) is 5.69 Å². The van der Waals surface area contributed by atoms with Gasteiger partial charge in [-0.1, -0.05) is 37.3 Å². The second-order valence-corrected chi connectivity index (χ2v) is 8.66. The zero-order valence-electron chi connectivity index (χ0n) is 20.4. The fraction of sp³-hybridized carbons (Fsp3) is 0.207. The fourth-order valence-electron chi connectivity index (χ4n) is 4.60. The third kappa shape index (κ3) is 4.31. The minimum absolute atomic E-state index is 0.0607. The monoisotopic (exact) mass is 499 g/mol. The number of fused-ring (bicyclic) bond motifs is 1. The third-order valence-electron chi connectivity index (χ3n) is 6.51. The summed E-state index contributed by atoms with van der Waals surface area (Å²) < 4.78 is 16.0. The van der Waals surface area contributed by atoms with Crippen LogP contribution in [0.1, 0.15) is 40.0 Å². The number of aliphatic hydroxyl groups excluding tert-OH is 1. The van der Waals surface area contributed by atoms with Crippen LogP contribution in [0.3, 0.4) is 0 Å². The summed E-state index contributed by atoms with van der Waals surface area (Å²) in [4.78, 5) is 40.3. The molecule has 2 aliphatic rings. The summed E-state index contributed by atoms with van der Waals surface area (Å²) in [5.41, 5.74) is 2.54. The van der Waals surface area contributed by atoms with E-state index in [0.29, 0.717) is 41.5 Å². The first-order valence-electron chi connectivity index (χ1n) is 11.9. The van der Waals surface area contributed by atoms with Gasteiger partial charge >= 0.3 is 5.97 Å². The normalized spacial score (nSPS) is 18.1. The zero-order chi connectivity index (χ0) is 26.1. The Kier molecular flexibility index (Phi) is 6.40. The minimum Gasteiger partial charge on any atom is -0.507 e. The molecule has 0 saturated carbocycles. The van der Waals surface area contributed by atoms with Crippen LogP contribution >= 0.6 is 0 Å². The molecule has 5 rings (SSSR count). The maximum absolute atomic E-state index is 13.4. The maximum atomic E-state index is 13.4. The fourth-order valence-corrected chi connectivity index (χ4v) is 4.60. The van der Waals surface area contributed by atoms with E-state index in [0.717, 1.165) is 12.0 Å². The predicted octanol–water partition coefficient (Wildman–Crippen LogP) is 4.43. The van der Waals surface area contributed by atoms with Crippen LogP contribution in [0.5, 0.6) is 11.5 Å². The molecule has 1 N–H and O–H groups in total. The highest BCUT2D eigenvalue weighted by Crippen LogP contribution is 2.43. The Morgan fingerprint density at radius 2 is 1.70 bits per heavy atom. The molecule has 37 heavy (non-hydrogen) atoms. The summed E-state index contributed by atoms with van der Waals surface area (Å²) in [5.74, 6) is -1.56. The highest BCUT2D eigenvalue weighted by Gasteiger charge is 2.47. The van der Waals surface area contributed by atoms with Crippen molar-refractivity contribution in [2.75, 3.05) is 25.2 Å². The number of carbonyl (C=O) groups excluding carboxylic acids is 3. The number of benzene rings is 3. The van der Waals surface area contributed by atoms with E-state index in [1.807, 2.05) is 31.2 Å². The van der Waals surface area contributed by atoms with Crippen molar-refractivity contribution >= 4 is 29.1 Å². The topological polar surface area (TPSA) is 102 Å². The number of aliphatic hydroxyl groups is 1. The summed E-state index contributed by atoms with van der Waals surface area (Å²) >= 11 is 0. The number of esters is 1. The van der Waals surface area contributed by atoms with Gasteiger partial charge in [-0.2, -0.15) is 0 Å². The van der Waals surface area contributed by atoms with E-state index < -0.39 is 23.7 Å². The minimum atomic E-state index is -0.924. The van der Waals surface area contributed by atoms with Gasteiger partial charge in [-0.25, -0.2) is 4.79 Å². The molecule has 0 aromatic heterocycles. The average molecular weight is 500 g/mol. The molecule has 1 fully saturated rings. The first-order valence-corrected chi connectivity index (χ1v) is 11.9. The van der Waals surface area contributed by atoms with Crippen LogP contribution in [0.2, 0.25) is 0 Å². The number of amides is 1. The zero-order valence-corrected chi connectivity index (χ0v) is 20.4. The van der Waals surface area contributed by atoms with Gasteiger partial charge in [0, 0.05) is 11.3 Å². The summed E-state index contributed by atoms with van der Waals surface area (Å²) in [6.45, 7) is 2.81. The van der Waals surface area contributed by atoms with E-state index >= 15 is 0 Å². The number of Topliss-reactive ketones (excluding diaryl/α,β-unsaturated/α-hetero) is 1. The molecular formula is C29H25NO7. The van der Waals surface area contributed by atoms with Crippen molar-refractivity contribution in [2.24, 2.45) is 0 Å². The van der Waals surface area contributed by atoms with Crippen LogP contribution in [-0.4, -0.2) is 43.1 Å². The quantitative estimate of drug-likeness (QED) is 0.240. The number of ketones is 1. The van der Waals surface area contributed by atoms with Crippen molar-refractivity contribution in [3.63, 3.8) is 0 Å². The van der Waals surface area contributed by atoms with Crippen molar-refractivity contribution in [3.8, 4) is 11.5 Å². The molecule has 0 aliphatic carbocycles. The van der Waals surface area contributed by atoms with Crippen molar-refractivity contribution in [3.05, 3.63) is 94.6 Å². The highest BCUT2D eigenvalue weighted by atomic mass is 16.6. The molecule has 2 aliphatic heterocycles. The highest BCUT2D eigenvalue weighted by molar-refractivity contribution is 6.51. The molecule has 1 amide bonds. The Hall–Kier alpha value is -4.59. The van der Waals surface area contributed by atoms with Gasteiger partial charge in [-0.15, -0.1) is 0 Å². The predicted molar refractivity (Wildman–Crippen MR) is 136 cm³/mol. The molecule has 8 nitrogen and oxygen atoms in total. The SMILES string of the molecule is CCc1ccc(C2/C(=C(/O)c3ccc4c(c3)OCCO4)C(=O)C(=O)N2c2cccc(C(=O)OC)c2)cc1. The summed E-state index contributed by atoms with van der Waals surface area (Å²) in [6, 6.07) is 17.8. The summed E-state index contributed by atoms with van der Waals surface area (Å²) in [6.07, 6.45) is 0.818. The van der Waals surface area contributed by atoms with Crippen LogP contribution in [-0.2, 0) is 20.7 Å². The Morgan fingerprint density at radius 1 is 0.973 bits per heavy atom. The molecule has 0 spiro atoms. The second-order valence-electron chi connectivity index (χ2n) is 8.66. The number of ether oxygens (including phenoxy) is 3. The molecule has 1 atom stereocenters. The standard InChI is InChI=1S/C29H25NO7/c1-3-17-7-9-18(10-8-17)25-24(26(31)19-11-12-22-23(16-19)37-14-13-36-22)27(32)28(33)30(25)21-6-4-5-20(15-21)29(34)35-2/h4-12,15-16,25,31H,3,13-14H2,1-2H3/b26-24-. The van der Waals surface area contributed by atoms with E-state index in [9.17, 15) is 19.5 Å². The maximum Gasteiger partial charge on any atom is 0.337 e. The first kappa shape index (κ1) is 24.1. The average Bonchev–Trinajstić information content (AvgIpc) is 3.21. The summed E-state index contributed by atoms with van der Waals surface area (Å²) in [5, 5.41) is 11.4. The lowest BCUT2D eigenvalue weighted by molar-refractivity contribution is -0.132. The number of nitrogens with zero attached hydrogens (tertiary/aromatic N) is 1. The van der Waals surface area contributed by atoms with Crippen LogP contribution in [0, 0.1) is 0 Å². The van der Waals surface area contributed by atoms with Crippen molar-refractivity contribution in [1.82, 2.24) is 0 Å². The lowest BCUT2D eigenvalue weighted by atomic mass is 9.94. The summed E-state index contributed by atoms with van der Waals surface area (Å²) in [7, 11) is 1.27. The molecule has 1 saturated heterocycles. The van der Waals surface area contributed by atoms with Gasteiger partial charge in [-0.3, -0.25) is 14.5 Å². The lowest BCUT2D eigenvalue weighted by Crippen LogP contribution is -2.29. The van der Waals surface area contributed by atoms with Gasteiger partial charge in [-0.05, 0) is 53.9 Å². The molecule has 3 aromatic rings. The second kappa shape index (κ2) is 9.81. The van der Waals surface area contributed by atoms with Gasteiger partial charge in [0.1, 0.15) is 19.0 Å². The molecule has 188 valence electrons. The smallest absolute Gasteiger partial charge is 0.337 e. The van der Waals surface area contributed by atoms with Crippen LogP contribution < -0.4 is 14.4 Å². The van der Waals surface area contributed by atoms with E-state index in [1.165, 1.54) is 18.1 Å². The number of rotatable bonds is 5. The number of hydrogen-bond donors (Lipinski definition) is 1.